The molecule has 4 heteroatoms. The predicted molar refractivity (Wildman–Crippen MR) is 107 cm³/mol. The predicted octanol–water partition coefficient (Wildman–Crippen LogP) is 5.98. The van der Waals surface area contributed by atoms with E-state index in [9.17, 15) is 0 Å². The molecule has 0 spiro atoms. The van der Waals surface area contributed by atoms with Crippen LogP contribution in [0.4, 0.5) is 11.4 Å². The topological polar surface area (TPSA) is 52.0 Å². The van der Waals surface area contributed by atoms with Crippen LogP contribution in [-0.4, -0.2) is 0 Å². The van der Waals surface area contributed by atoms with Crippen LogP contribution < -0.4 is 11.5 Å². The van der Waals surface area contributed by atoms with Crippen molar-refractivity contribution < 1.29 is 0 Å². The van der Waals surface area contributed by atoms with Gasteiger partial charge in [0.2, 0.25) is 0 Å². The number of anilines is 2. The summed E-state index contributed by atoms with van der Waals surface area (Å²) in [5, 5.41) is 4.18. The minimum Gasteiger partial charge on any atom is -0.399 e. The SMILES string of the molecule is Nc1ccc(-c2ccc(N)cc2-c2cccs2)c(-c2cccs2)c1. The number of hydrogen-bond acceptors (Lipinski definition) is 4. The van der Waals surface area contributed by atoms with Crippen LogP contribution in [0.25, 0.3) is 32.0 Å². The fourth-order valence-electron chi connectivity index (χ4n) is 2.86. The molecule has 0 saturated carbocycles. The molecule has 0 unspecified atom stereocenters. The summed E-state index contributed by atoms with van der Waals surface area (Å²) < 4.78 is 0. The van der Waals surface area contributed by atoms with Crippen LogP contribution in [0, 0.1) is 0 Å². The second-order valence-electron chi connectivity index (χ2n) is 5.56. The molecule has 0 radical (unpaired) electrons. The fourth-order valence-corrected chi connectivity index (χ4v) is 4.38. The molecule has 0 aliphatic rings. The van der Waals surface area contributed by atoms with Crippen molar-refractivity contribution in [1.29, 1.82) is 0 Å². The van der Waals surface area contributed by atoms with Crippen molar-refractivity contribution >= 4 is 34.0 Å². The molecule has 2 aromatic carbocycles. The average Bonchev–Trinajstić information content (AvgIpc) is 3.29. The smallest absolute Gasteiger partial charge is 0.0349 e. The van der Waals surface area contributed by atoms with Crippen LogP contribution in [0.1, 0.15) is 0 Å². The van der Waals surface area contributed by atoms with Gasteiger partial charge in [-0.3, -0.25) is 0 Å². The van der Waals surface area contributed by atoms with Gasteiger partial charge >= 0.3 is 0 Å². The van der Waals surface area contributed by atoms with Crippen molar-refractivity contribution in [2.45, 2.75) is 0 Å². The lowest BCUT2D eigenvalue weighted by atomic mass is 9.93. The second kappa shape index (κ2) is 6.15. The first-order valence-electron chi connectivity index (χ1n) is 7.59. The fraction of sp³-hybridized carbons (Fsp3) is 0. The normalized spacial score (nSPS) is 10.8. The van der Waals surface area contributed by atoms with Crippen LogP contribution in [0.2, 0.25) is 0 Å². The van der Waals surface area contributed by atoms with Gasteiger partial charge in [-0.25, -0.2) is 0 Å². The number of hydrogen-bond donors (Lipinski definition) is 2. The maximum atomic E-state index is 6.06. The van der Waals surface area contributed by atoms with E-state index in [1.807, 2.05) is 12.1 Å². The summed E-state index contributed by atoms with van der Waals surface area (Å²) in [6.45, 7) is 0. The van der Waals surface area contributed by atoms with Gasteiger partial charge in [-0.2, -0.15) is 0 Å². The van der Waals surface area contributed by atoms with Crippen molar-refractivity contribution in [2.24, 2.45) is 0 Å². The van der Waals surface area contributed by atoms with Gasteiger partial charge in [-0.15, -0.1) is 22.7 Å². The van der Waals surface area contributed by atoms with E-state index >= 15 is 0 Å². The maximum Gasteiger partial charge on any atom is 0.0349 e. The highest BCUT2D eigenvalue weighted by Gasteiger charge is 2.14. The van der Waals surface area contributed by atoms with Gasteiger partial charge in [0.15, 0.2) is 0 Å². The number of nitrogens with two attached hydrogens (primary N) is 2. The summed E-state index contributed by atoms with van der Waals surface area (Å²) in [6, 6.07) is 20.6. The molecular weight excluding hydrogens is 332 g/mol. The lowest BCUT2D eigenvalue weighted by molar-refractivity contribution is 1.60. The highest BCUT2D eigenvalue weighted by atomic mass is 32.1. The molecule has 4 N–H and O–H groups in total. The number of thiophene rings is 2. The van der Waals surface area contributed by atoms with Crippen LogP contribution in [-0.2, 0) is 0 Å². The maximum absolute atomic E-state index is 6.06. The molecule has 0 fully saturated rings. The van der Waals surface area contributed by atoms with Crippen molar-refractivity contribution in [3.63, 3.8) is 0 Å². The van der Waals surface area contributed by atoms with E-state index in [2.05, 4.69) is 59.3 Å². The Morgan fingerprint density at radius 3 is 1.38 bits per heavy atom. The summed E-state index contributed by atoms with van der Waals surface area (Å²) >= 11 is 3.44. The van der Waals surface area contributed by atoms with Crippen molar-refractivity contribution in [1.82, 2.24) is 0 Å². The Morgan fingerprint density at radius 2 is 1.00 bits per heavy atom. The Labute approximate surface area is 149 Å². The van der Waals surface area contributed by atoms with E-state index in [0.29, 0.717) is 0 Å². The van der Waals surface area contributed by atoms with E-state index in [-0.39, 0.29) is 0 Å². The highest BCUT2D eigenvalue weighted by molar-refractivity contribution is 7.14. The molecule has 0 aliphatic carbocycles. The third-order valence-electron chi connectivity index (χ3n) is 3.95. The average molecular weight is 348 g/mol. The summed E-state index contributed by atoms with van der Waals surface area (Å²) in [7, 11) is 0. The van der Waals surface area contributed by atoms with E-state index in [1.165, 1.54) is 20.9 Å². The molecule has 0 atom stereocenters. The summed E-state index contributed by atoms with van der Waals surface area (Å²) in [5.41, 5.74) is 18.3. The molecule has 118 valence electrons. The third kappa shape index (κ3) is 2.70. The van der Waals surface area contributed by atoms with Gasteiger partial charge in [0.25, 0.3) is 0 Å². The zero-order valence-electron chi connectivity index (χ0n) is 12.9. The highest BCUT2D eigenvalue weighted by Crippen LogP contribution is 2.42. The Hall–Kier alpha value is -2.56. The molecule has 2 heterocycles. The molecule has 24 heavy (non-hydrogen) atoms. The monoisotopic (exact) mass is 348 g/mol. The third-order valence-corrected chi connectivity index (χ3v) is 5.76. The quantitative estimate of drug-likeness (QED) is 0.448. The van der Waals surface area contributed by atoms with Crippen molar-refractivity contribution in [3.05, 3.63) is 71.4 Å². The van der Waals surface area contributed by atoms with E-state index < -0.39 is 0 Å². The number of nitrogen functional groups attached to an aromatic ring is 2. The van der Waals surface area contributed by atoms with Crippen LogP contribution in [0.15, 0.2) is 71.4 Å². The largest absolute Gasteiger partial charge is 0.399 e. The molecule has 0 bridgehead atoms. The first kappa shape index (κ1) is 15.0. The van der Waals surface area contributed by atoms with Crippen molar-refractivity contribution in [2.75, 3.05) is 11.5 Å². The molecule has 0 aliphatic heterocycles. The summed E-state index contributed by atoms with van der Waals surface area (Å²) in [6.07, 6.45) is 0. The number of benzene rings is 2. The minimum atomic E-state index is 0.773. The lowest BCUT2D eigenvalue weighted by Crippen LogP contribution is -1.92. The van der Waals surface area contributed by atoms with Crippen LogP contribution >= 0.6 is 22.7 Å². The Balaban J connectivity index is 1.98. The van der Waals surface area contributed by atoms with Gasteiger partial charge in [0.05, 0.1) is 0 Å². The zero-order chi connectivity index (χ0) is 16.5. The second-order valence-corrected chi connectivity index (χ2v) is 7.46. The Morgan fingerprint density at radius 1 is 0.542 bits per heavy atom. The Bertz CT molecular complexity index is 889. The lowest BCUT2D eigenvalue weighted by Gasteiger charge is -2.14. The van der Waals surface area contributed by atoms with Gasteiger partial charge in [-0.05, 0) is 58.3 Å². The van der Waals surface area contributed by atoms with E-state index in [0.717, 1.165) is 22.5 Å². The molecule has 0 saturated heterocycles. The van der Waals surface area contributed by atoms with Gasteiger partial charge in [0, 0.05) is 32.3 Å². The number of rotatable bonds is 3. The first-order valence-corrected chi connectivity index (χ1v) is 9.35. The van der Waals surface area contributed by atoms with Gasteiger partial charge in [-0.1, -0.05) is 24.3 Å². The standard InChI is InChI=1S/C20H16N2S2/c21-13-5-7-15(17(11-13)19-3-1-9-23-19)16-8-6-14(22)12-18(16)20-4-2-10-24-20/h1-12H,21-22H2. The summed E-state index contributed by atoms with van der Waals surface area (Å²) in [5.74, 6) is 0. The summed E-state index contributed by atoms with van der Waals surface area (Å²) in [4.78, 5) is 2.43. The zero-order valence-corrected chi connectivity index (χ0v) is 14.5. The molecular formula is C20H16N2S2. The first-order chi connectivity index (χ1) is 11.7. The van der Waals surface area contributed by atoms with Crippen LogP contribution in [0.5, 0.6) is 0 Å². The van der Waals surface area contributed by atoms with E-state index in [1.54, 1.807) is 22.7 Å². The van der Waals surface area contributed by atoms with E-state index in [4.69, 9.17) is 11.5 Å². The molecule has 4 aromatic rings. The molecule has 2 nitrogen and oxygen atoms in total. The molecule has 2 aromatic heterocycles. The minimum absolute atomic E-state index is 0.773. The molecule has 4 rings (SSSR count). The molecule has 0 amide bonds. The Kier molecular flexibility index (Phi) is 3.84. The van der Waals surface area contributed by atoms with Crippen LogP contribution in [0.3, 0.4) is 0 Å². The van der Waals surface area contributed by atoms with Gasteiger partial charge < -0.3 is 11.5 Å². The van der Waals surface area contributed by atoms with Gasteiger partial charge in [0.1, 0.15) is 0 Å². The van der Waals surface area contributed by atoms with Crippen molar-refractivity contribution in [3.8, 4) is 32.0 Å².